The Bertz CT molecular complexity index is 4140. The van der Waals surface area contributed by atoms with Crippen LogP contribution in [0.15, 0.2) is 302 Å². The number of rotatable bonds is 10. The Balaban J connectivity index is 1.01. The normalized spacial score (nSPS) is 12.4. The molecule has 0 fully saturated rings. The minimum absolute atomic E-state index is 0.637. The van der Waals surface area contributed by atoms with Crippen LogP contribution in [0.25, 0.3) is 88.7 Å². The number of hydrogen-bond donors (Lipinski definition) is 0. The summed E-state index contributed by atoms with van der Waals surface area (Å²) in [4.78, 5) is 2.47. The van der Waals surface area contributed by atoms with Gasteiger partial charge in [-0.3, -0.25) is 0 Å². The number of hydrogen-bond acceptors (Lipinski definition) is 2. The average Bonchev–Trinajstić information content (AvgIpc) is 4.12. The largest absolute Gasteiger partial charge is 0.455 e. The Morgan fingerprint density at radius 1 is 0.267 bits per heavy atom. The summed E-state index contributed by atoms with van der Waals surface area (Å²) in [7, 11) is 0. The van der Waals surface area contributed by atoms with E-state index in [-0.39, 0.29) is 0 Å². The highest BCUT2D eigenvalue weighted by molar-refractivity contribution is 6.09. The zero-order chi connectivity index (χ0) is 49.7. The van der Waals surface area contributed by atoms with Crippen LogP contribution in [-0.4, -0.2) is 0 Å². The molecule has 0 saturated heterocycles. The second kappa shape index (κ2) is 18.4. The molecule has 0 amide bonds. The molecule has 0 saturated carbocycles. The standard InChI is InChI=1S/C73H49NO/c1-6-19-50(20-7-1)53-33-35-55(36-34-53)67-47-56(51-21-8-2-9-22-51)40-46-70(67)74(60-41-37-54(38-42-60)62-30-18-31-66-65-29-16-17-32-71(65)75-72(62)66)61-43-45-64-63-44-39-57(52-23-10-3-11-24-52)48-68(63)73(69(64)49-61,58-25-12-4-13-26-58)59-27-14-5-15-28-59/h1-49H. The summed E-state index contributed by atoms with van der Waals surface area (Å²) in [6.07, 6.45) is 0. The highest BCUT2D eigenvalue weighted by Gasteiger charge is 2.46. The molecule has 0 aliphatic heterocycles. The van der Waals surface area contributed by atoms with Gasteiger partial charge in [-0.05, 0) is 126 Å². The summed E-state index contributed by atoms with van der Waals surface area (Å²) in [5.41, 5.74) is 23.2. The summed E-state index contributed by atoms with van der Waals surface area (Å²) >= 11 is 0. The van der Waals surface area contributed by atoms with Gasteiger partial charge in [-0.25, -0.2) is 0 Å². The number of fused-ring (bicyclic) bond motifs is 6. The van der Waals surface area contributed by atoms with Gasteiger partial charge in [-0.15, -0.1) is 0 Å². The van der Waals surface area contributed by atoms with Gasteiger partial charge in [0.15, 0.2) is 0 Å². The molecule has 13 aromatic rings. The fourth-order valence-electron chi connectivity index (χ4n) is 11.9. The Morgan fingerprint density at radius 2 is 0.707 bits per heavy atom. The van der Waals surface area contributed by atoms with Gasteiger partial charge < -0.3 is 9.32 Å². The maximum Gasteiger partial charge on any atom is 0.143 e. The predicted molar refractivity (Wildman–Crippen MR) is 313 cm³/mol. The Hall–Kier alpha value is -9.76. The third kappa shape index (κ3) is 7.49. The fourth-order valence-corrected chi connectivity index (χ4v) is 11.9. The lowest BCUT2D eigenvalue weighted by Crippen LogP contribution is -2.28. The van der Waals surface area contributed by atoms with Gasteiger partial charge >= 0.3 is 0 Å². The van der Waals surface area contributed by atoms with Crippen molar-refractivity contribution in [1.82, 2.24) is 0 Å². The lowest BCUT2D eigenvalue weighted by Gasteiger charge is -2.35. The molecule has 352 valence electrons. The zero-order valence-corrected chi connectivity index (χ0v) is 41.1. The SMILES string of the molecule is c1ccc(-c2ccc(-c3cc(-c4ccccc4)ccc3N(c3ccc(-c4cccc5c4oc4ccccc45)cc3)c3ccc4c(c3)C(c3ccccc3)(c3ccccc3)c3cc(-c5ccccc5)ccc3-4)cc2)cc1. The summed E-state index contributed by atoms with van der Waals surface area (Å²) in [6.45, 7) is 0. The van der Waals surface area contributed by atoms with Crippen LogP contribution in [-0.2, 0) is 5.41 Å². The molecule has 0 N–H and O–H groups in total. The van der Waals surface area contributed by atoms with Crippen LogP contribution < -0.4 is 4.90 Å². The third-order valence-electron chi connectivity index (χ3n) is 15.4. The molecule has 1 aliphatic carbocycles. The Labute approximate surface area is 437 Å². The van der Waals surface area contributed by atoms with E-state index in [0.717, 1.165) is 66.8 Å². The van der Waals surface area contributed by atoms with Gasteiger partial charge in [0.05, 0.1) is 11.1 Å². The van der Waals surface area contributed by atoms with E-state index < -0.39 is 5.41 Å². The fraction of sp³-hybridized carbons (Fsp3) is 0.0137. The molecule has 12 aromatic carbocycles. The summed E-state index contributed by atoms with van der Waals surface area (Å²) in [6, 6.07) is 109. The maximum absolute atomic E-state index is 6.59. The van der Waals surface area contributed by atoms with Gasteiger partial charge in [0.25, 0.3) is 0 Å². The summed E-state index contributed by atoms with van der Waals surface area (Å²) in [5.74, 6) is 0. The highest BCUT2D eigenvalue weighted by atomic mass is 16.3. The quantitative estimate of drug-likeness (QED) is 0.136. The van der Waals surface area contributed by atoms with E-state index in [1.54, 1.807) is 0 Å². The summed E-state index contributed by atoms with van der Waals surface area (Å²) in [5, 5.41) is 2.24. The van der Waals surface area contributed by atoms with Crippen molar-refractivity contribution in [1.29, 1.82) is 0 Å². The first-order chi connectivity index (χ1) is 37.2. The smallest absolute Gasteiger partial charge is 0.143 e. The molecule has 1 aromatic heterocycles. The van der Waals surface area contributed by atoms with Crippen LogP contribution >= 0.6 is 0 Å². The molecule has 0 bridgehead atoms. The molecule has 0 unspecified atom stereocenters. The lowest BCUT2D eigenvalue weighted by molar-refractivity contribution is 0.670. The molecule has 1 heterocycles. The van der Waals surface area contributed by atoms with Crippen LogP contribution in [0.1, 0.15) is 22.3 Å². The second-order valence-corrected chi connectivity index (χ2v) is 19.5. The molecule has 2 nitrogen and oxygen atoms in total. The van der Waals surface area contributed by atoms with E-state index in [1.807, 2.05) is 6.07 Å². The lowest BCUT2D eigenvalue weighted by atomic mass is 9.67. The van der Waals surface area contributed by atoms with Crippen molar-refractivity contribution in [3.8, 4) is 66.8 Å². The highest BCUT2D eigenvalue weighted by Crippen LogP contribution is 2.58. The first-order valence-corrected chi connectivity index (χ1v) is 25.8. The molecule has 0 spiro atoms. The number of para-hydroxylation sites is 2. The van der Waals surface area contributed by atoms with Crippen molar-refractivity contribution in [2.75, 3.05) is 4.90 Å². The monoisotopic (exact) mass is 955 g/mol. The van der Waals surface area contributed by atoms with E-state index in [0.29, 0.717) is 0 Å². The third-order valence-corrected chi connectivity index (χ3v) is 15.4. The first-order valence-electron chi connectivity index (χ1n) is 25.8. The van der Waals surface area contributed by atoms with Gasteiger partial charge in [-0.1, -0.05) is 249 Å². The molecule has 14 rings (SSSR count). The van der Waals surface area contributed by atoms with Gasteiger partial charge in [0.1, 0.15) is 11.2 Å². The molecule has 75 heavy (non-hydrogen) atoms. The van der Waals surface area contributed by atoms with Crippen LogP contribution in [0, 0.1) is 0 Å². The van der Waals surface area contributed by atoms with Crippen molar-refractivity contribution < 1.29 is 4.42 Å². The van der Waals surface area contributed by atoms with Crippen LogP contribution in [0.5, 0.6) is 0 Å². The number of nitrogens with zero attached hydrogens (tertiary/aromatic N) is 1. The van der Waals surface area contributed by atoms with Gasteiger partial charge in [-0.2, -0.15) is 0 Å². The molecular formula is C73H49NO. The number of anilines is 3. The first kappa shape index (κ1) is 44.0. The average molecular weight is 956 g/mol. The Kier molecular flexibility index (Phi) is 10.8. The molecule has 2 heteroatoms. The zero-order valence-electron chi connectivity index (χ0n) is 41.1. The predicted octanol–water partition coefficient (Wildman–Crippen LogP) is 19.8. The maximum atomic E-state index is 6.59. The van der Waals surface area contributed by atoms with Crippen LogP contribution in [0.2, 0.25) is 0 Å². The van der Waals surface area contributed by atoms with E-state index in [4.69, 9.17) is 4.42 Å². The Morgan fingerprint density at radius 3 is 1.35 bits per heavy atom. The van der Waals surface area contributed by atoms with Crippen LogP contribution in [0.3, 0.4) is 0 Å². The van der Waals surface area contributed by atoms with Crippen molar-refractivity contribution in [3.05, 3.63) is 320 Å². The molecule has 0 radical (unpaired) electrons. The van der Waals surface area contributed by atoms with E-state index in [2.05, 4.69) is 296 Å². The van der Waals surface area contributed by atoms with Crippen LogP contribution in [0.4, 0.5) is 17.1 Å². The second-order valence-electron chi connectivity index (χ2n) is 19.5. The van der Waals surface area contributed by atoms with Gasteiger partial charge in [0, 0.05) is 33.3 Å². The topological polar surface area (TPSA) is 16.4 Å². The van der Waals surface area contributed by atoms with Gasteiger partial charge in [0.2, 0.25) is 0 Å². The number of furan rings is 1. The van der Waals surface area contributed by atoms with Crippen molar-refractivity contribution in [2.24, 2.45) is 0 Å². The molecule has 0 atom stereocenters. The molecule has 1 aliphatic rings. The minimum atomic E-state index is -0.637. The van der Waals surface area contributed by atoms with E-state index in [9.17, 15) is 0 Å². The van der Waals surface area contributed by atoms with Crippen molar-refractivity contribution >= 4 is 39.0 Å². The minimum Gasteiger partial charge on any atom is -0.455 e. The van der Waals surface area contributed by atoms with E-state index >= 15 is 0 Å². The van der Waals surface area contributed by atoms with Crippen molar-refractivity contribution in [2.45, 2.75) is 5.41 Å². The van der Waals surface area contributed by atoms with E-state index in [1.165, 1.54) is 61.2 Å². The van der Waals surface area contributed by atoms with Crippen molar-refractivity contribution in [3.63, 3.8) is 0 Å². The summed E-state index contributed by atoms with van der Waals surface area (Å²) < 4.78 is 6.59. The number of benzene rings is 12. The molecular weight excluding hydrogens is 907 g/mol.